The lowest BCUT2D eigenvalue weighted by molar-refractivity contribution is 0.122. The monoisotopic (exact) mass is 854 g/mol. The molecule has 4 aliphatic rings. The van der Waals surface area contributed by atoms with Crippen molar-refractivity contribution in [2.75, 3.05) is 78.8 Å². The van der Waals surface area contributed by atoms with Crippen LogP contribution in [0, 0.1) is 13.8 Å². The summed E-state index contributed by atoms with van der Waals surface area (Å²) < 4.78 is 24.0. The second-order valence-electron chi connectivity index (χ2n) is 16.9. The highest BCUT2D eigenvalue weighted by Gasteiger charge is 2.26. The predicted molar refractivity (Wildman–Crippen MR) is 246 cm³/mol. The third-order valence-electron chi connectivity index (χ3n) is 12.2. The molecule has 4 aromatic heterocycles. The van der Waals surface area contributed by atoms with Crippen LogP contribution in [0.2, 0.25) is 0 Å². The summed E-state index contributed by atoms with van der Waals surface area (Å²) >= 11 is 0. The van der Waals surface area contributed by atoms with Gasteiger partial charge in [-0.15, -0.1) is 0 Å². The number of nitrogen functional groups attached to an aromatic ring is 1. The Labute approximate surface area is 368 Å². The molecule has 0 unspecified atom stereocenters. The van der Waals surface area contributed by atoms with E-state index in [2.05, 4.69) is 91.7 Å². The molecule has 0 amide bonds. The Hall–Kier alpha value is -6.13. The fraction of sp³-hybridized carbons (Fsp3) is 0.468. The lowest BCUT2D eigenvalue weighted by atomic mass is 9.92. The quantitative estimate of drug-likeness (QED) is 0.129. The van der Waals surface area contributed by atoms with Crippen molar-refractivity contribution in [3.63, 3.8) is 0 Å². The number of ether oxygens (including phenoxy) is 4. The largest absolute Gasteiger partial charge is 0.488 e. The first-order chi connectivity index (χ1) is 30.9. The number of fused-ring (bicyclic) bond motifs is 2. The first-order valence-corrected chi connectivity index (χ1v) is 22.4. The van der Waals surface area contributed by atoms with E-state index in [-0.39, 0.29) is 12.2 Å². The number of anilines is 5. The van der Waals surface area contributed by atoms with Gasteiger partial charge in [0.05, 0.1) is 67.7 Å². The summed E-state index contributed by atoms with van der Waals surface area (Å²) in [5.41, 5.74) is 15.1. The minimum absolute atomic E-state index is 0.149. The fourth-order valence-electron chi connectivity index (χ4n) is 9.00. The highest BCUT2D eigenvalue weighted by Crippen LogP contribution is 2.35. The molecule has 330 valence electrons. The normalized spacial score (nSPS) is 21.6. The lowest BCUT2D eigenvalue weighted by Crippen LogP contribution is -2.36. The highest BCUT2D eigenvalue weighted by atomic mass is 16.5. The number of aromatic nitrogens is 7. The van der Waals surface area contributed by atoms with Crippen molar-refractivity contribution < 1.29 is 18.9 Å². The van der Waals surface area contributed by atoms with E-state index < -0.39 is 0 Å². The van der Waals surface area contributed by atoms with Crippen molar-refractivity contribution in [1.82, 2.24) is 34.9 Å². The Bertz CT molecular complexity index is 2410. The summed E-state index contributed by atoms with van der Waals surface area (Å²) in [4.78, 5) is 35.8. The topological polar surface area (TPSA) is 184 Å². The molecule has 6 aromatic rings. The Morgan fingerprint density at radius 2 is 1.00 bits per heavy atom. The number of aryl methyl sites for hydroxylation is 2. The van der Waals surface area contributed by atoms with Crippen molar-refractivity contribution in [3.8, 4) is 11.5 Å². The summed E-state index contributed by atoms with van der Waals surface area (Å²) in [6.07, 6.45) is 18.6. The van der Waals surface area contributed by atoms with Gasteiger partial charge in [0, 0.05) is 104 Å². The average molecular weight is 855 g/mol. The van der Waals surface area contributed by atoms with E-state index in [0.717, 1.165) is 160 Å². The van der Waals surface area contributed by atoms with Gasteiger partial charge in [-0.2, -0.15) is 0 Å². The van der Waals surface area contributed by atoms with E-state index in [9.17, 15) is 0 Å². The predicted octanol–water partition coefficient (Wildman–Crippen LogP) is 6.92. The first kappa shape index (κ1) is 42.2. The second-order valence-corrected chi connectivity index (χ2v) is 16.9. The van der Waals surface area contributed by atoms with Crippen LogP contribution in [-0.4, -0.2) is 112 Å². The molecule has 0 spiro atoms. The van der Waals surface area contributed by atoms with Crippen LogP contribution in [0.1, 0.15) is 62.8 Å². The fourth-order valence-corrected chi connectivity index (χ4v) is 9.00. The minimum atomic E-state index is 0.149. The van der Waals surface area contributed by atoms with Gasteiger partial charge in [0.25, 0.3) is 0 Å². The number of morpholine rings is 2. The molecule has 4 N–H and O–H groups in total. The molecule has 63 heavy (non-hydrogen) atoms. The zero-order chi connectivity index (χ0) is 43.0. The van der Waals surface area contributed by atoms with E-state index in [1.165, 1.54) is 5.69 Å². The van der Waals surface area contributed by atoms with Crippen molar-refractivity contribution in [1.29, 1.82) is 0 Å². The number of nitrogens with two attached hydrogens (primary N) is 1. The maximum Gasteiger partial charge on any atom is 0.222 e. The molecule has 2 aliphatic heterocycles. The van der Waals surface area contributed by atoms with Crippen molar-refractivity contribution in [2.24, 2.45) is 0 Å². The van der Waals surface area contributed by atoms with Crippen molar-refractivity contribution in [2.45, 2.75) is 89.5 Å². The van der Waals surface area contributed by atoms with E-state index in [0.29, 0.717) is 23.7 Å². The SMILES string of the molecule is Cc1cc(NC2CCC(Oc3cc(N4CCOCC4)cc4nccnc34)CC2)cc(C)n1.Nc1cnc(NC2CCC(Oc3cc(N4CCOCC4)cc4nccnc34)CC2)nc1. The molecule has 0 atom stereocenters. The third kappa shape index (κ3) is 10.9. The van der Waals surface area contributed by atoms with Gasteiger partial charge in [0.2, 0.25) is 5.95 Å². The van der Waals surface area contributed by atoms with Crippen LogP contribution in [-0.2, 0) is 9.47 Å². The zero-order valence-electron chi connectivity index (χ0n) is 36.3. The van der Waals surface area contributed by atoms with Crippen LogP contribution in [0.3, 0.4) is 0 Å². The molecular weight excluding hydrogens is 797 g/mol. The Morgan fingerprint density at radius 1 is 0.556 bits per heavy atom. The molecule has 2 aromatic carbocycles. The van der Waals surface area contributed by atoms with Gasteiger partial charge >= 0.3 is 0 Å². The molecule has 0 bridgehead atoms. The smallest absolute Gasteiger partial charge is 0.222 e. The van der Waals surface area contributed by atoms with Gasteiger partial charge in [-0.1, -0.05) is 0 Å². The van der Waals surface area contributed by atoms with Gasteiger partial charge in [0.1, 0.15) is 22.5 Å². The number of pyridine rings is 1. The van der Waals surface area contributed by atoms with Crippen LogP contribution in [0.25, 0.3) is 22.1 Å². The van der Waals surface area contributed by atoms with Crippen LogP contribution in [0.15, 0.2) is 73.6 Å². The summed E-state index contributed by atoms with van der Waals surface area (Å²) in [7, 11) is 0. The maximum absolute atomic E-state index is 6.54. The minimum Gasteiger partial charge on any atom is -0.488 e. The van der Waals surface area contributed by atoms with E-state index in [1.807, 2.05) is 13.8 Å². The molecule has 2 aliphatic carbocycles. The summed E-state index contributed by atoms with van der Waals surface area (Å²) in [5.74, 6) is 2.28. The Kier molecular flexibility index (Phi) is 13.3. The molecule has 4 fully saturated rings. The van der Waals surface area contributed by atoms with E-state index in [1.54, 1.807) is 37.2 Å². The number of hydrogen-bond donors (Lipinski definition) is 3. The molecule has 2 saturated heterocycles. The summed E-state index contributed by atoms with van der Waals surface area (Å²) in [6, 6.07) is 13.5. The van der Waals surface area contributed by atoms with Gasteiger partial charge in [-0.25, -0.2) is 19.9 Å². The van der Waals surface area contributed by atoms with E-state index in [4.69, 9.17) is 24.7 Å². The lowest BCUT2D eigenvalue weighted by Gasteiger charge is -2.32. The Balaban J connectivity index is 0.000000160. The molecule has 2 saturated carbocycles. The highest BCUT2D eigenvalue weighted by molar-refractivity contribution is 5.86. The van der Waals surface area contributed by atoms with Gasteiger partial charge in [-0.3, -0.25) is 15.0 Å². The Morgan fingerprint density at radius 3 is 1.48 bits per heavy atom. The molecule has 16 nitrogen and oxygen atoms in total. The number of nitrogens with one attached hydrogen (secondary N) is 2. The average Bonchev–Trinajstić information content (AvgIpc) is 3.31. The number of rotatable bonds is 10. The standard InChI is InChI=1S/C25H31N5O2.C22H27N7O2/c1-17-13-20(14-18(2)28-17)29-19-3-5-22(6-4-19)32-24-16-21(30-9-11-31-12-10-30)15-23-25(24)27-8-7-26-23;23-15-13-26-22(27-14-15)28-16-1-3-18(4-2-16)31-20-12-17(29-7-9-30-10-8-29)11-19-21(20)25-6-5-24-19/h7-8,13-16,19,22H,3-6,9-12H2,1-2H3,(H,28,29);5-6,11-14,16,18H,1-4,7-10,23H2,(H,26,27,28). The van der Waals surface area contributed by atoms with Crippen molar-refractivity contribution in [3.05, 3.63) is 85.0 Å². The van der Waals surface area contributed by atoms with E-state index >= 15 is 0 Å². The summed E-state index contributed by atoms with van der Waals surface area (Å²) in [6.45, 7) is 10.6. The first-order valence-electron chi connectivity index (χ1n) is 22.4. The molecule has 0 radical (unpaired) electrons. The van der Waals surface area contributed by atoms with Crippen LogP contribution < -0.4 is 35.6 Å². The number of benzene rings is 2. The molecular formula is C47H58N12O4. The maximum atomic E-state index is 6.54. The van der Waals surface area contributed by atoms with Gasteiger partial charge < -0.3 is 45.1 Å². The third-order valence-corrected chi connectivity index (χ3v) is 12.2. The molecule has 16 heteroatoms. The number of hydrogen-bond acceptors (Lipinski definition) is 16. The summed E-state index contributed by atoms with van der Waals surface area (Å²) in [5, 5.41) is 7.09. The molecule has 6 heterocycles. The van der Waals surface area contributed by atoms with Gasteiger partial charge in [-0.05, 0) is 89.5 Å². The zero-order valence-corrected chi connectivity index (χ0v) is 36.3. The van der Waals surface area contributed by atoms with Gasteiger partial charge in [0.15, 0.2) is 0 Å². The molecule has 10 rings (SSSR count). The number of nitrogens with zero attached hydrogens (tertiary/aromatic N) is 9. The van der Waals surface area contributed by atoms with Crippen LogP contribution >= 0.6 is 0 Å². The van der Waals surface area contributed by atoms with Crippen LogP contribution in [0.4, 0.5) is 28.7 Å². The van der Waals surface area contributed by atoms with Crippen LogP contribution in [0.5, 0.6) is 11.5 Å². The van der Waals surface area contributed by atoms with Crippen molar-refractivity contribution >= 4 is 50.8 Å². The second kappa shape index (κ2) is 19.9.